The first-order valence-corrected chi connectivity index (χ1v) is 6.56. The van der Waals surface area contributed by atoms with Gasteiger partial charge >= 0.3 is 0 Å². The molecule has 19 heavy (non-hydrogen) atoms. The second-order valence-electron chi connectivity index (χ2n) is 5.92. The van der Waals surface area contributed by atoms with E-state index in [1.165, 1.54) is 19.2 Å². The fraction of sp³-hybridized carbons (Fsp3) is 0.533. The van der Waals surface area contributed by atoms with Gasteiger partial charge in [0.2, 0.25) is 0 Å². The lowest BCUT2D eigenvalue weighted by molar-refractivity contribution is 0.0932. The van der Waals surface area contributed by atoms with Crippen LogP contribution in [0.3, 0.4) is 0 Å². The molecule has 1 atom stereocenters. The van der Waals surface area contributed by atoms with Crippen molar-refractivity contribution in [3.63, 3.8) is 0 Å². The number of carbonyl (C=O) groups is 1. The van der Waals surface area contributed by atoms with Crippen molar-refractivity contribution < 1.29 is 13.9 Å². The molecule has 2 rings (SSSR count). The number of amides is 1. The maximum Gasteiger partial charge on any atom is 0.254 e. The van der Waals surface area contributed by atoms with Gasteiger partial charge in [-0.25, -0.2) is 4.39 Å². The van der Waals surface area contributed by atoms with Gasteiger partial charge in [0.1, 0.15) is 11.6 Å². The highest BCUT2D eigenvalue weighted by atomic mass is 19.1. The molecule has 0 aromatic heterocycles. The summed E-state index contributed by atoms with van der Waals surface area (Å²) in [5.41, 5.74) is 0.335. The van der Waals surface area contributed by atoms with Crippen LogP contribution in [0.2, 0.25) is 0 Å². The minimum atomic E-state index is -0.547. The summed E-state index contributed by atoms with van der Waals surface area (Å²) in [5.74, 6) is -0.479. The number of rotatable bonds is 3. The summed E-state index contributed by atoms with van der Waals surface area (Å²) in [7, 11) is 1.47. The molecule has 1 amide bonds. The molecular weight excluding hydrogens is 245 g/mol. The lowest BCUT2D eigenvalue weighted by Crippen LogP contribution is -2.34. The average molecular weight is 265 g/mol. The van der Waals surface area contributed by atoms with Crippen LogP contribution in [0, 0.1) is 11.2 Å². The summed E-state index contributed by atoms with van der Waals surface area (Å²) < 4.78 is 18.7. The highest BCUT2D eigenvalue weighted by Gasteiger charge is 2.32. The smallest absolute Gasteiger partial charge is 0.254 e. The number of carbonyl (C=O) groups excluding carboxylic acids is 1. The van der Waals surface area contributed by atoms with E-state index < -0.39 is 5.82 Å². The summed E-state index contributed by atoms with van der Waals surface area (Å²) in [6.07, 6.45) is 2.98. The van der Waals surface area contributed by atoms with Crippen molar-refractivity contribution in [3.05, 3.63) is 29.6 Å². The molecule has 0 spiro atoms. The zero-order valence-electron chi connectivity index (χ0n) is 11.6. The minimum Gasteiger partial charge on any atom is -0.497 e. The molecule has 0 bridgehead atoms. The predicted molar refractivity (Wildman–Crippen MR) is 71.8 cm³/mol. The van der Waals surface area contributed by atoms with Crippen molar-refractivity contribution in [1.29, 1.82) is 0 Å². The van der Waals surface area contributed by atoms with Crippen molar-refractivity contribution in [2.24, 2.45) is 5.41 Å². The van der Waals surface area contributed by atoms with Gasteiger partial charge in [0.25, 0.3) is 5.91 Å². The van der Waals surface area contributed by atoms with Gasteiger partial charge in [-0.1, -0.05) is 13.8 Å². The number of methoxy groups -OCH3 is 1. The Bertz CT molecular complexity index is 485. The van der Waals surface area contributed by atoms with Gasteiger partial charge in [-0.05, 0) is 36.8 Å². The van der Waals surface area contributed by atoms with Gasteiger partial charge in [0, 0.05) is 12.1 Å². The molecule has 1 saturated carbocycles. The molecule has 104 valence electrons. The molecule has 1 aliphatic carbocycles. The standard InChI is InChI=1S/C15H20FNO2/c1-15(2)7-6-10(9-15)17-14(18)12-5-4-11(19-3)8-13(12)16/h4-5,8,10H,6-7,9H2,1-3H3,(H,17,18). The van der Waals surface area contributed by atoms with Crippen LogP contribution in [0.1, 0.15) is 43.5 Å². The minimum absolute atomic E-state index is 0.0745. The fourth-order valence-electron chi connectivity index (χ4n) is 2.63. The summed E-state index contributed by atoms with van der Waals surface area (Å²) >= 11 is 0. The lowest BCUT2D eigenvalue weighted by Gasteiger charge is -2.18. The molecule has 0 heterocycles. The van der Waals surface area contributed by atoms with E-state index in [9.17, 15) is 9.18 Å². The average Bonchev–Trinajstić information content (AvgIpc) is 2.68. The zero-order chi connectivity index (χ0) is 14.0. The number of benzene rings is 1. The molecule has 0 saturated heterocycles. The number of ether oxygens (including phenoxy) is 1. The van der Waals surface area contributed by atoms with Crippen LogP contribution in [0.15, 0.2) is 18.2 Å². The van der Waals surface area contributed by atoms with Crippen LogP contribution in [0.4, 0.5) is 4.39 Å². The lowest BCUT2D eigenvalue weighted by atomic mass is 9.92. The van der Waals surface area contributed by atoms with Crippen molar-refractivity contribution in [2.75, 3.05) is 7.11 Å². The van der Waals surface area contributed by atoms with Gasteiger partial charge in [-0.3, -0.25) is 4.79 Å². The molecule has 0 radical (unpaired) electrons. The summed E-state index contributed by atoms with van der Waals surface area (Å²) in [5, 5.41) is 2.91. The zero-order valence-corrected chi connectivity index (χ0v) is 11.6. The van der Waals surface area contributed by atoms with E-state index >= 15 is 0 Å². The van der Waals surface area contributed by atoms with Crippen LogP contribution < -0.4 is 10.1 Å². The number of nitrogens with one attached hydrogen (secondary N) is 1. The Labute approximate surface area is 113 Å². The summed E-state index contributed by atoms with van der Waals surface area (Å²) in [6.45, 7) is 4.38. The maximum atomic E-state index is 13.8. The Kier molecular flexibility index (Phi) is 3.78. The van der Waals surface area contributed by atoms with Crippen LogP contribution in [0.5, 0.6) is 5.75 Å². The Balaban J connectivity index is 2.04. The van der Waals surface area contributed by atoms with Crippen molar-refractivity contribution in [2.45, 2.75) is 39.2 Å². The second kappa shape index (κ2) is 5.19. The second-order valence-corrected chi connectivity index (χ2v) is 5.92. The summed E-state index contributed by atoms with van der Waals surface area (Å²) in [6, 6.07) is 4.43. The number of hydrogen-bond acceptors (Lipinski definition) is 2. The first-order valence-electron chi connectivity index (χ1n) is 6.56. The van der Waals surface area contributed by atoms with Crippen molar-refractivity contribution >= 4 is 5.91 Å². The third-order valence-corrected chi connectivity index (χ3v) is 3.72. The van der Waals surface area contributed by atoms with Crippen LogP contribution in [0.25, 0.3) is 0 Å². The Morgan fingerprint density at radius 3 is 2.74 bits per heavy atom. The maximum absolute atomic E-state index is 13.8. The quantitative estimate of drug-likeness (QED) is 0.911. The largest absolute Gasteiger partial charge is 0.497 e. The van der Waals surface area contributed by atoms with E-state index in [0.717, 1.165) is 19.3 Å². The third kappa shape index (κ3) is 3.25. The normalized spacial score (nSPS) is 21.2. The van der Waals surface area contributed by atoms with E-state index in [-0.39, 0.29) is 22.9 Å². The first-order chi connectivity index (χ1) is 8.91. The van der Waals surface area contributed by atoms with E-state index in [1.807, 2.05) is 0 Å². The number of halogens is 1. The van der Waals surface area contributed by atoms with Crippen LogP contribution >= 0.6 is 0 Å². The number of hydrogen-bond donors (Lipinski definition) is 1. The fourth-order valence-corrected chi connectivity index (χ4v) is 2.63. The summed E-state index contributed by atoms with van der Waals surface area (Å²) in [4.78, 5) is 12.0. The molecule has 1 unspecified atom stereocenters. The third-order valence-electron chi connectivity index (χ3n) is 3.72. The van der Waals surface area contributed by atoms with Crippen LogP contribution in [-0.4, -0.2) is 19.1 Å². The van der Waals surface area contributed by atoms with Gasteiger partial charge in [-0.15, -0.1) is 0 Å². The van der Waals surface area contributed by atoms with Gasteiger partial charge in [0.05, 0.1) is 12.7 Å². The van der Waals surface area contributed by atoms with E-state index in [2.05, 4.69) is 19.2 Å². The molecule has 4 heteroatoms. The van der Waals surface area contributed by atoms with E-state index in [0.29, 0.717) is 5.75 Å². The van der Waals surface area contributed by atoms with Gasteiger partial charge in [0.15, 0.2) is 0 Å². The Hall–Kier alpha value is -1.58. The van der Waals surface area contributed by atoms with Crippen molar-refractivity contribution in [3.8, 4) is 5.75 Å². The highest BCUT2D eigenvalue weighted by Crippen LogP contribution is 2.37. The molecular formula is C15H20FNO2. The topological polar surface area (TPSA) is 38.3 Å². The Morgan fingerprint density at radius 2 is 2.21 bits per heavy atom. The molecule has 0 aliphatic heterocycles. The molecule has 1 aromatic carbocycles. The molecule has 1 aromatic rings. The molecule has 3 nitrogen and oxygen atoms in total. The predicted octanol–water partition coefficient (Wildman–Crippen LogP) is 3.14. The van der Waals surface area contributed by atoms with Gasteiger partial charge in [-0.2, -0.15) is 0 Å². The Morgan fingerprint density at radius 1 is 1.47 bits per heavy atom. The SMILES string of the molecule is COc1ccc(C(=O)NC2CCC(C)(C)C2)c(F)c1. The van der Waals surface area contributed by atoms with Crippen LogP contribution in [-0.2, 0) is 0 Å². The first kappa shape index (κ1) is 13.8. The van der Waals surface area contributed by atoms with Gasteiger partial charge < -0.3 is 10.1 Å². The molecule has 1 fully saturated rings. The van der Waals surface area contributed by atoms with E-state index in [4.69, 9.17) is 4.74 Å². The highest BCUT2D eigenvalue weighted by molar-refractivity contribution is 5.94. The monoisotopic (exact) mass is 265 g/mol. The van der Waals surface area contributed by atoms with E-state index in [1.54, 1.807) is 6.07 Å². The molecule has 1 aliphatic rings. The van der Waals surface area contributed by atoms with Crippen molar-refractivity contribution in [1.82, 2.24) is 5.32 Å². The molecule has 1 N–H and O–H groups in total.